The molecule has 1 aromatic carbocycles. The van der Waals surface area contributed by atoms with Crippen molar-refractivity contribution in [2.75, 3.05) is 5.73 Å². The number of ether oxygens (including phenoxy) is 1. The fourth-order valence-corrected chi connectivity index (χ4v) is 2.40. The fourth-order valence-electron chi connectivity index (χ4n) is 2.40. The van der Waals surface area contributed by atoms with Gasteiger partial charge in [-0.3, -0.25) is 4.98 Å². The van der Waals surface area contributed by atoms with Gasteiger partial charge in [0, 0.05) is 24.0 Å². The lowest BCUT2D eigenvalue weighted by Crippen LogP contribution is -2.01. The zero-order chi connectivity index (χ0) is 19.1. The van der Waals surface area contributed by atoms with Gasteiger partial charge in [0.15, 0.2) is 0 Å². The maximum absolute atomic E-state index is 5.97. The predicted octanol–water partition coefficient (Wildman–Crippen LogP) is 6.49. The summed E-state index contributed by atoms with van der Waals surface area (Å²) in [5, 5.41) is 0. The topological polar surface area (TPSA) is 48.1 Å². The number of nitrogens with zero attached hydrogens (tertiary/aromatic N) is 1. The largest absolute Gasteiger partial charge is 0.457 e. The molecule has 0 radical (unpaired) electrons. The average molecular weight is 351 g/mol. The van der Waals surface area contributed by atoms with E-state index in [1.165, 1.54) is 5.57 Å². The van der Waals surface area contributed by atoms with Crippen molar-refractivity contribution in [3.05, 3.63) is 66.0 Å². The Labute approximate surface area is 157 Å². The van der Waals surface area contributed by atoms with Crippen molar-refractivity contribution in [2.24, 2.45) is 11.8 Å². The van der Waals surface area contributed by atoms with E-state index in [-0.39, 0.29) is 0 Å². The predicted molar refractivity (Wildman–Crippen MR) is 111 cm³/mol. The molecule has 1 atom stereocenters. The zero-order valence-electron chi connectivity index (χ0n) is 16.5. The molecule has 0 spiro atoms. The van der Waals surface area contributed by atoms with Crippen molar-refractivity contribution in [2.45, 2.75) is 41.0 Å². The van der Waals surface area contributed by atoms with Gasteiger partial charge in [-0.25, -0.2) is 0 Å². The Hall–Kier alpha value is -2.55. The van der Waals surface area contributed by atoms with Crippen LogP contribution in [0.15, 0.2) is 60.3 Å². The number of allylic oxidation sites excluding steroid dienone is 4. The molecule has 0 aliphatic carbocycles. The third-order valence-corrected chi connectivity index (χ3v) is 4.57. The molecule has 26 heavy (non-hydrogen) atoms. The zero-order valence-corrected chi connectivity index (χ0v) is 16.5. The van der Waals surface area contributed by atoms with Crippen molar-refractivity contribution in [3.63, 3.8) is 0 Å². The molecular formula is C23H30N2O. The molecular weight excluding hydrogens is 320 g/mol. The average Bonchev–Trinajstić information content (AvgIpc) is 2.61. The van der Waals surface area contributed by atoms with Gasteiger partial charge in [-0.05, 0) is 49.0 Å². The molecule has 0 aliphatic rings. The number of pyridine rings is 1. The first-order valence-corrected chi connectivity index (χ1v) is 9.27. The van der Waals surface area contributed by atoms with Crippen LogP contribution in [0.4, 0.5) is 5.69 Å². The second kappa shape index (κ2) is 9.23. The second-order valence-corrected chi connectivity index (χ2v) is 7.12. The Morgan fingerprint density at radius 3 is 2.54 bits per heavy atom. The first-order chi connectivity index (χ1) is 12.4. The summed E-state index contributed by atoms with van der Waals surface area (Å²) in [6.07, 6.45) is 7.34. The molecule has 1 aromatic heterocycles. The van der Waals surface area contributed by atoms with Crippen molar-refractivity contribution in [1.82, 2.24) is 4.98 Å². The molecule has 0 amide bonds. The molecule has 2 rings (SSSR count). The molecule has 0 aliphatic heterocycles. The van der Waals surface area contributed by atoms with Crippen LogP contribution in [-0.2, 0) is 0 Å². The smallest absolute Gasteiger partial charge is 0.131 e. The lowest BCUT2D eigenvalue weighted by Gasteiger charge is -2.14. The Morgan fingerprint density at radius 2 is 1.88 bits per heavy atom. The third-order valence-electron chi connectivity index (χ3n) is 4.57. The van der Waals surface area contributed by atoms with Crippen LogP contribution in [0.3, 0.4) is 0 Å². The molecule has 1 heterocycles. The second-order valence-electron chi connectivity index (χ2n) is 7.12. The molecule has 2 aromatic rings. The molecule has 0 saturated carbocycles. The van der Waals surface area contributed by atoms with E-state index in [9.17, 15) is 0 Å². The Balaban J connectivity index is 2.36. The first kappa shape index (κ1) is 19.8. The van der Waals surface area contributed by atoms with E-state index >= 15 is 0 Å². The quantitative estimate of drug-likeness (QED) is 0.459. The number of benzene rings is 1. The van der Waals surface area contributed by atoms with Crippen LogP contribution in [0.5, 0.6) is 11.5 Å². The minimum absolute atomic E-state index is 0.464. The van der Waals surface area contributed by atoms with E-state index in [2.05, 4.69) is 51.8 Å². The van der Waals surface area contributed by atoms with Gasteiger partial charge >= 0.3 is 0 Å². The van der Waals surface area contributed by atoms with Gasteiger partial charge in [-0.15, -0.1) is 0 Å². The lowest BCUT2D eigenvalue weighted by molar-refractivity contribution is 0.482. The van der Waals surface area contributed by atoms with Crippen molar-refractivity contribution in [3.8, 4) is 11.5 Å². The highest BCUT2D eigenvalue weighted by Gasteiger charge is 2.09. The number of hydrogen-bond acceptors (Lipinski definition) is 3. The normalized spacial score (nSPS) is 13.8. The molecule has 0 saturated heterocycles. The lowest BCUT2D eigenvalue weighted by atomic mass is 9.93. The van der Waals surface area contributed by atoms with Crippen LogP contribution >= 0.6 is 0 Å². The summed E-state index contributed by atoms with van der Waals surface area (Å²) in [4.78, 5) is 4.58. The van der Waals surface area contributed by atoms with Gasteiger partial charge in [0.25, 0.3) is 0 Å². The number of nitrogen functional groups attached to an aromatic ring is 1. The highest BCUT2D eigenvalue weighted by Crippen LogP contribution is 2.27. The van der Waals surface area contributed by atoms with Gasteiger partial charge in [0.2, 0.25) is 0 Å². The molecule has 3 heteroatoms. The van der Waals surface area contributed by atoms with Crippen LogP contribution < -0.4 is 10.5 Å². The summed E-state index contributed by atoms with van der Waals surface area (Å²) in [6.45, 7) is 11.0. The molecule has 2 N–H and O–H groups in total. The molecule has 1 unspecified atom stereocenters. The van der Waals surface area contributed by atoms with Gasteiger partial charge < -0.3 is 10.5 Å². The van der Waals surface area contributed by atoms with E-state index in [1.54, 1.807) is 6.20 Å². The molecule has 138 valence electrons. The van der Waals surface area contributed by atoms with Gasteiger partial charge in [-0.1, -0.05) is 51.5 Å². The van der Waals surface area contributed by atoms with Crippen LogP contribution in [0.1, 0.15) is 46.7 Å². The van der Waals surface area contributed by atoms with Gasteiger partial charge in [-0.2, -0.15) is 0 Å². The maximum Gasteiger partial charge on any atom is 0.131 e. The number of hydrogen-bond donors (Lipinski definition) is 1. The van der Waals surface area contributed by atoms with Crippen molar-refractivity contribution in [1.29, 1.82) is 0 Å². The summed E-state index contributed by atoms with van der Waals surface area (Å²) in [6, 6.07) is 11.3. The van der Waals surface area contributed by atoms with Crippen LogP contribution in [-0.4, -0.2) is 4.98 Å². The van der Waals surface area contributed by atoms with Gasteiger partial charge in [0.05, 0.1) is 5.69 Å². The summed E-state index contributed by atoms with van der Waals surface area (Å²) in [5.41, 5.74) is 9.91. The highest BCUT2D eigenvalue weighted by molar-refractivity contribution is 5.73. The van der Waals surface area contributed by atoms with E-state index in [4.69, 9.17) is 10.5 Å². The van der Waals surface area contributed by atoms with E-state index < -0.39 is 0 Å². The van der Waals surface area contributed by atoms with E-state index in [0.29, 0.717) is 17.5 Å². The van der Waals surface area contributed by atoms with Crippen molar-refractivity contribution < 1.29 is 4.74 Å². The molecule has 0 fully saturated rings. The summed E-state index contributed by atoms with van der Waals surface area (Å²) in [7, 11) is 0. The van der Waals surface area contributed by atoms with Crippen LogP contribution in [0.2, 0.25) is 0 Å². The van der Waals surface area contributed by atoms with Crippen LogP contribution in [0, 0.1) is 11.8 Å². The van der Waals surface area contributed by atoms with Crippen LogP contribution in [0.25, 0.3) is 5.57 Å². The molecule has 3 nitrogen and oxygen atoms in total. The Bertz CT molecular complexity index is 790. The fraction of sp³-hybridized carbons (Fsp3) is 0.348. The summed E-state index contributed by atoms with van der Waals surface area (Å²) in [5.74, 6) is 2.52. The SMILES string of the molecule is CCC(C)=C/C(=C\C(C)C(C)C)c1cc(Oc2cccc(N)c2)ccn1. The third kappa shape index (κ3) is 5.76. The maximum atomic E-state index is 5.97. The van der Waals surface area contributed by atoms with E-state index in [0.717, 1.165) is 29.2 Å². The Morgan fingerprint density at radius 1 is 1.15 bits per heavy atom. The minimum atomic E-state index is 0.464. The number of anilines is 1. The summed E-state index contributed by atoms with van der Waals surface area (Å²) < 4.78 is 5.97. The number of rotatable bonds is 7. The molecule has 0 bridgehead atoms. The van der Waals surface area contributed by atoms with Crippen molar-refractivity contribution >= 4 is 11.3 Å². The highest BCUT2D eigenvalue weighted by atomic mass is 16.5. The number of nitrogens with two attached hydrogens (primary N) is 1. The summed E-state index contributed by atoms with van der Waals surface area (Å²) >= 11 is 0. The van der Waals surface area contributed by atoms with E-state index in [1.807, 2.05) is 36.4 Å². The number of aromatic nitrogens is 1. The van der Waals surface area contributed by atoms with Gasteiger partial charge in [0.1, 0.15) is 11.5 Å². The minimum Gasteiger partial charge on any atom is -0.457 e. The standard InChI is InChI=1S/C23H30N2O/c1-6-17(4)12-19(13-18(5)16(2)3)23-15-22(10-11-25-23)26-21-9-7-8-20(24)14-21/h7-16,18H,6,24H2,1-5H3/b17-12?,19-13+. The first-order valence-electron chi connectivity index (χ1n) is 9.27. The Kier molecular flexibility index (Phi) is 7.02. The monoisotopic (exact) mass is 350 g/mol.